The van der Waals surface area contributed by atoms with Crippen LogP contribution in [-0.2, 0) is 4.79 Å². The van der Waals surface area contributed by atoms with Crippen LogP contribution in [0.1, 0.15) is 30.6 Å². The molecule has 1 rings (SSSR count). The first-order valence-electron chi connectivity index (χ1n) is 5.84. The maximum Gasteiger partial charge on any atom is 0.250 e. The molecule has 0 saturated heterocycles. The Morgan fingerprint density at radius 3 is 2.67 bits per heavy atom. The number of rotatable bonds is 6. The number of amides is 2. The van der Waals surface area contributed by atoms with Gasteiger partial charge in [-0.25, -0.2) is 4.98 Å². The summed E-state index contributed by atoms with van der Waals surface area (Å²) < 4.78 is 0. The van der Waals surface area contributed by atoms with Crippen molar-refractivity contribution in [2.45, 2.75) is 26.3 Å². The fourth-order valence-corrected chi connectivity index (χ4v) is 1.31. The van der Waals surface area contributed by atoms with Crippen LogP contribution < -0.4 is 16.4 Å². The van der Waals surface area contributed by atoms with E-state index in [1.165, 1.54) is 6.20 Å². The van der Waals surface area contributed by atoms with Crippen molar-refractivity contribution >= 4 is 17.6 Å². The highest BCUT2D eigenvalue weighted by atomic mass is 16.2. The number of pyridine rings is 1. The lowest BCUT2D eigenvalue weighted by molar-refractivity contribution is -0.121. The molecule has 0 saturated carbocycles. The number of nitrogens with one attached hydrogen (secondary N) is 2. The van der Waals surface area contributed by atoms with Gasteiger partial charge in [0.05, 0.1) is 5.56 Å². The Labute approximate surface area is 106 Å². The Morgan fingerprint density at radius 1 is 1.44 bits per heavy atom. The van der Waals surface area contributed by atoms with E-state index < -0.39 is 5.91 Å². The number of nitrogens with zero attached hydrogens (tertiary/aromatic N) is 1. The smallest absolute Gasteiger partial charge is 0.250 e. The Morgan fingerprint density at radius 2 is 2.17 bits per heavy atom. The van der Waals surface area contributed by atoms with Crippen LogP contribution in [0, 0.1) is 0 Å². The molecular weight excluding hydrogens is 232 g/mol. The fourth-order valence-electron chi connectivity index (χ4n) is 1.31. The first kappa shape index (κ1) is 14.0. The molecule has 4 N–H and O–H groups in total. The third-order valence-corrected chi connectivity index (χ3v) is 2.35. The van der Waals surface area contributed by atoms with Crippen molar-refractivity contribution in [1.82, 2.24) is 10.3 Å². The molecule has 0 aliphatic heterocycles. The van der Waals surface area contributed by atoms with Gasteiger partial charge in [0.2, 0.25) is 11.8 Å². The van der Waals surface area contributed by atoms with E-state index in [0.717, 1.165) is 6.42 Å². The molecule has 0 aliphatic carbocycles. The Hall–Kier alpha value is -2.11. The molecule has 1 unspecified atom stereocenters. The summed E-state index contributed by atoms with van der Waals surface area (Å²) in [6, 6.07) is 2.79. The largest absolute Gasteiger partial charge is 0.366 e. The maximum absolute atomic E-state index is 11.6. The van der Waals surface area contributed by atoms with Gasteiger partial charge >= 0.3 is 0 Å². The van der Waals surface area contributed by atoms with Gasteiger partial charge in [0.25, 0.3) is 0 Å². The normalized spacial score (nSPS) is 11.7. The summed E-state index contributed by atoms with van der Waals surface area (Å²) >= 11 is 0. The van der Waals surface area contributed by atoms with Gasteiger partial charge < -0.3 is 16.4 Å². The highest BCUT2D eigenvalue weighted by Gasteiger charge is 2.12. The summed E-state index contributed by atoms with van der Waals surface area (Å²) in [6.07, 6.45) is 2.27. The van der Waals surface area contributed by atoms with Crippen LogP contribution in [0.2, 0.25) is 0 Å². The van der Waals surface area contributed by atoms with Crippen LogP contribution in [0.25, 0.3) is 0 Å². The zero-order chi connectivity index (χ0) is 13.5. The highest BCUT2D eigenvalue weighted by Crippen LogP contribution is 2.06. The third kappa shape index (κ3) is 4.04. The number of hydrogen-bond donors (Lipinski definition) is 3. The SMILES string of the molecule is CCCNC(=O)C(C)Nc1ccc(C(N)=O)cn1. The van der Waals surface area contributed by atoms with Crippen LogP contribution >= 0.6 is 0 Å². The van der Waals surface area contributed by atoms with E-state index in [9.17, 15) is 9.59 Å². The van der Waals surface area contributed by atoms with Gasteiger partial charge in [-0.05, 0) is 25.5 Å². The summed E-state index contributed by atoms with van der Waals surface area (Å²) in [4.78, 5) is 26.5. The summed E-state index contributed by atoms with van der Waals surface area (Å²) in [7, 11) is 0. The third-order valence-electron chi connectivity index (χ3n) is 2.35. The number of primary amides is 1. The molecule has 1 aromatic rings. The number of carbonyl (C=O) groups is 2. The van der Waals surface area contributed by atoms with Gasteiger partial charge in [-0.3, -0.25) is 9.59 Å². The van der Waals surface area contributed by atoms with E-state index in [-0.39, 0.29) is 11.9 Å². The van der Waals surface area contributed by atoms with E-state index in [1.54, 1.807) is 19.1 Å². The van der Waals surface area contributed by atoms with Crippen molar-refractivity contribution in [2.24, 2.45) is 5.73 Å². The van der Waals surface area contributed by atoms with Crippen molar-refractivity contribution < 1.29 is 9.59 Å². The van der Waals surface area contributed by atoms with Crippen molar-refractivity contribution in [3.05, 3.63) is 23.9 Å². The Bertz CT molecular complexity index is 417. The van der Waals surface area contributed by atoms with E-state index in [0.29, 0.717) is 17.9 Å². The molecule has 0 spiro atoms. The van der Waals surface area contributed by atoms with Crippen LogP contribution in [0.3, 0.4) is 0 Å². The molecule has 0 fully saturated rings. The lowest BCUT2D eigenvalue weighted by Gasteiger charge is -2.14. The molecule has 0 aromatic carbocycles. The average molecular weight is 250 g/mol. The molecule has 98 valence electrons. The van der Waals surface area contributed by atoms with E-state index >= 15 is 0 Å². The Balaban J connectivity index is 2.56. The van der Waals surface area contributed by atoms with Crippen LogP contribution in [-0.4, -0.2) is 29.4 Å². The minimum Gasteiger partial charge on any atom is -0.366 e. The highest BCUT2D eigenvalue weighted by molar-refractivity contribution is 5.92. The minimum atomic E-state index is -0.525. The molecule has 6 heteroatoms. The zero-order valence-electron chi connectivity index (χ0n) is 10.6. The molecule has 2 amide bonds. The average Bonchev–Trinajstić information content (AvgIpc) is 2.36. The van der Waals surface area contributed by atoms with E-state index in [1.807, 2.05) is 6.92 Å². The minimum absolute atomic E-state index is 0.0855. The number of carbonyl (C=O) groups excluding carboxylic acids is 2. The summed E-state index contributed by atoms with van der Waals surface area (Å²) in [5.74, 6) is -0.0837. The first-order chi connectivity index (χ1) is 8.54. The predicted molar refractivity (Wildman–Crippen MR) is 69.1 cm³/mol. The molecule has 1 heterocycles. The second kappa shape index (κ2) is 6.58. The van der Waals surface area contributed by atoms with E-state index in [4.69, 9.17) is 5.73 Å². The summed E-state index contributed by atoms with van der Waals surface area (Å²) in [6.45, 7) is 4.38. The number of anilines is 1. The van der Waals surface area contributed by atoms with Crippen LogP contribution in [0.4, 0.5) is 5.82 Å². The lowest BCUT2D eigenvalue weighted by atomic mass is 10.2. The number of nitrogens with two attached hydrogens (primary N) is 1. The van der Waals surface area contributed by atoms with Crippen molar-refractivity contribution in [3.8, 4) is 0 Å². The second-order valence-electron chi connectivity index (χ2n) is 3.95. The molecule has 1 atom stereocenters. The standard InChI is InChI=1S/C12H18N4O2/c1-3-6-14-12(18)8(2)16-10-5-4-9(7-15-10)11(13)17/h4-5,7-8H,3,6H2,1-2H3,(H2,13,17)(H,14,18)(H,15,16). The molecule has 0 radical (unpaired) electrons. The maximum atomic E-state index is 11.6. The number of aromatic nitrogens is 1. The molecule has 0 bridgehead atoms. The van der Waals surface area contributed by atoms with Gasteiger partial charge in [0.1, 0.15) is 11.9 Å². The lowest BCUT2D eigenvalue weighted by Crippen LogP contribution is -2.38. The van der Waals surface area contributed by atoms with Crippen molar-refractivity contribution in [2.75, 3.05) is 11.9 Å². The first-order valence-corrected chi connectivity index (χ1v) is 5.84. The van der Waals surface area contributed by atoms with Crippen molar-refractivity contribution in [3.63, 3.8) is 0 Å². The Kier molecular flexibility index (Phi) is 5.10. The molecule has 6 nitrogen and oxygen atoms in total. The van der Waals surface area contributed by atoms with Gasteiger partial charge in [-0.1, -0.05) is 6.92 Å². The van der Waals surface area contributed by atoms with Crippen LogP contribution in [0.15, 0.2) is 18.3 Å². The number of hydrogen-bond acceptors (Lipinski definition) is 4. The van der Waals surface area contributed by atoms with Gasteiger partial charge in [0, 0.05) is 12.7 Å². The fraction of sp³-hybridized carbons (Fsp3) is 0.417. The molecular formula is C12H18N4O2. The van der Waals surface area contributed by atoms with E-state index in [2.05, 4.69) is 15.6 Å². The molecule has 1 aromatic heterocycles. The zero-order valence-corrected chi connectivity index (χ0v) is 10.6. The topological polar surface area (TPSA) is 97.1 Å². The van der Waals surface area contributed by atoms with Gasteiger partial charge in [0.15, 0.2) is 0 Å². The molecule has 18 heavy (non-hydrogen) atoms. The van der Waals surface area contributed by atoms with Crippen molar-refractivity contribution in [1.29, 1.82) is 0 Å². The monoisotopic (exact) mass is 250 g/mol. The second-order valence-corrected chi connectivity index (χ2v) is 3.95. The van der Waals surface area contributed by atoms with Crippen LogP contribution in [0.5, 0.6) is 0 Å². The quantitative estimate of drug-likeness (QED) is 0.685. The summed E-state index contributed by atoms with van der Waals surface area (Å²) in [5.41, 5.74) is 5.44. The van der Waals surface area contributed by atoms with Gasteiger partial charge in [-0.15, -0.1) is 0 Å². The molecule has 0 aliphatic rings. The van der Waals surface area contributed by atoms with Gasteiger partial charge in [-0.2, -0.15) is 0 Å². The predicted octanol–water partition coefficient (Wildman–Crippen LogP) is 0.507. The summed E-state index contributed by atoms with van der Waals surface area (Å²) in [5, 5.41) is 5.72.